The Kier molecular flexibility index (Phi) is 7.37. The van der Waals surface area contributed by atoms with Crippen molar-refractivity contribution >= 4 is 40.3 Å². The molecule has 0 aliphatic heterocycles. The molecule has 1 amide bonds. The number of aryl methyl sites for hydroxylation is 1. The molecule has 2 heterocycles. The van der Waals surface area contributed by atoms with Crippen molar-refractivity contribution in [1.82, 2.24) is 30.7 Å². The summed E-state index contributed by atoms with van der Waals surface area (Å²) < 4.78 is 6.94. The minimum atomic E-state index is -0.774. The predicted octanol–water partition coefficient (Wildman–Crippen LogP) is 4.32. The van der Waals surface area contributed by atoms with E-state index in [1.54, 1.807) is 24.3 Å². The molecule has 0 aliphatic carbocycles. The van der Waals surface area contributed by atoms with E-state index in [0.717, 1.165) is 16.5 Å². The molecule has 0 saturated carbocycles. The maximum Gasteiger partial charge on any atom is 0.244 e. The summed E-state index contributed by atoms with van der Waals surface area (Å²) >= 11 is 6.17. The van der Waals surface area contributed by atoms with Crippen LogP contribution in [-0.2, 0) is 22.4 Å². The standard InChI is InChI=1S/C28H23ClN6O3/c1-18-6-5-9-22-23(32-38-28(18)22)16-26(36)24(14-19-7-3-2-4-8-19)31-27(37)13-10-20-15-21(29)11-12-25(20)35-17-30-33-34-35/h2-13,15,17,24H,14,16H2,1H3,(H,31,37)/b13-10+/t24-/m0/s1. The number of ketones is 1. The number of halogens is 1. The van der Waals surface area contributed by atoms with Crippen LogP contribution >= 0.6 is 11.6 Å². The molecule has 38 heavy (non-hydrogen) atoms. The van der Waals surface area contributed by atoms with Crippen LogP contribution in [0, 0.1) is 6.92 Å². The topological polar surface area (TPSA) is 116 Å². The maximum atomic E-state index is 13.4. The molecular formula is C28H23ClN6O3. The molecule has 1 N–H and O–H groups in total. The van der Waals surface area contributed by atoms with Crippen LogP contribution in [0.5, 0.6) is 0 Å². The lowest BCUT2D eigenvalue weighted by Gasteiger charge is -2.17. The van der Waals surface area contributed by atoms with Crippen molar-refractivity contribution in [3.05, 3.63) is 107 Å². The number of Topliss-reactive ketones (excluding diaryl/α,β-unsaturated/α-hetero) is 1. The Hall–Kier alpha value is -4.63. The van der Waals surface area contributed by atoms with E-state index >= 15 is 0 Å². The summed E-state index contributed by atoms with van der Waals surface area (Å²) in [6.07, 6.45) is 4.77. The minimum absolute atomic E-state index is 0.0235. The van der Waals surface area contributed by atoms with Crippen LogP contribution < -0.4 is 5.32 Å². The van der Waals surface area contributed by atoms with Crippen molar-refractivity contribution in [3.8, 4) is 5.69 Å². The van der Waals surface area contributed by atoms with Crippen molar-refractivity contribution in [2.75, 3.05) is 0 Å². The van der Waals surface area contributed by atoms with Crippen LogP contribution in [0.25, 0.3) is 22.7 Å². The molecule has 5 rings (SSSR count). The van der Waals surface area contributed by atoms with Crippen LogP contribution in [0.15, 0.2) is 83.7 Å². The van der Waals surface area contributed by atoms with Gasteiger partial charge in [-0.15, -0.1) is 5.10 Å². The molecule has 5 aromatic rings. The molecular weight excluding hydrogens is 504 g/mol. The van der Waals surface area contributed by atoms with Crippen LogP contribution in [-0.4, -0.2) is 43.1 Å². The molecule has 0 aliphatic rings. The van der Waals surface area contributed by atoms with E-state index in [2.05, 4.69) is 26.0 Å². The van der Waals surface area contributed by atoms with Crippen LogP contribution in [0.4, 0.5) is 0 Å². The second-order valence-corrected chi connectivity index (χ2v) is 9.20. The molecule has 2 aromatic heterocycles. The third-order valence-corrected chi connectivity index (χ3v) is 6.33. The number of amides is 1. The molecule has 0 unspecified atom stereocenters. The van der Waals surface area contributed by atoms with Gasteiger partial charge in [0.2, 0.25) is 5.91 Å². The highest BCUT2D eigenvalue weighted by atomic mass is 35.5. The van der Waals surface area contributed by atoms with E-state index in [-0.39, 0.29) is 12.2 Å². The van der Waals surface area contributed by atoms with Gasteiger partial charge in [-0.25, -0.2) is 0 Å². The SMILES string of the molecule is Cc1cccc2c(CC(=O)[C@H](Cc3ccccc3)NC(=O)/C=C/c3cc(Cl)ccc3-n3cnnn3)noc12. The number of nitrogens with zero attached hydrogens (tertiary/aromatic N) is 5. The Morgan fingerprint density at radius 3 is 2.74 bits per heavy atom. The molecule has 0 fully saturated rings. The van der Waals surface area contributed by atoms with Crippen molar-refractivity contribution in [3.63, 3.8) is 0 Å². The van der Waals surface area contributed by atoms with Gasteiger partial charge in [-0.05, 0) is 65.2 Å². The summed E-state index contributed by atoms with van der Waals surface area (Å²) in [7, 11) is 0. The van der Waals surface area contributed by atoms with Crippen molar-refractivity contribution in [2.24, 2.45) is 0 Å². The van der Waals surface area contributed by atoms with Crippen molar-refractivity contribution < 1.29 is 14.1 Å². The highest BCUT2D eigenvalue weighted by molar-refractivity contribution is 6.30. The van der Waals surface area contributed by atoms with Gasteiger partial charge in [0, 0.05) is 22.0 Å². The fraction of sp³-hybridized carbons (Fsp3) is 0.143. The highest BCUT2D eigenvalue weighted by Crippen LogP contribution is 2.23. The number of aromatic nitrogens is 5. The molecule has 9 nitrogen and oxygen atoms in total. The minimum Gasteiger partial charge on any atom is -0.356 e. The number of carbonyl (C=O) groups is 2. The van der Waals surface area contributed by atoms with Gasteiger partial charge in [0.25, 0.3) is 0 Å². The summed E-state index contributed by atoms with van der Waals surface area (Å²) in [5.41, 5.74) is 4.34. The summed E-state index contributed by atoms with van der Waals surface area (Å²) in [6.45, 7) is 1.93. The Morgan fingerprint density at radius 1 is 1.11 bits per heavy atom. The smallest absolute Gasteiger partial charge is 0.244 e. The molecule has 0 radical (unpaired) electrons. The Labute approximate surface area is 223 Å². The number of hydrogen-bond acceptors (Lipinski definition) is 7. The van der Waals surface area contributed by atoms with Gasteiger partial charge in [0.1, 0.15) is 6.33 Å². The first kappa shape index (κ1) is 25.0. The molecule has 190 valence electrons. The number of hydrogen-bond donors (Lipinski definition) is 1. The first-order chi connectivity index (χ1) is 18.5. The lowest BCUT2D eigenvalue weighted by atomic mass is 9.98. The predicted molar refractivity (Wildman–Crippen MR) is 143 cm³/mol. The van der Waals surface area contributed by atoms with E-state index in [0.29, 0.717) is 34.0 Å². The van der Waals surface area contributed by atoms with Crippen LogP contribution in [0.2, 0.25) is 5.02 Å². The number of nitrogens with one attached hydrogen (secondary N) is 1. The van der Waals surface area contributed by atoms with Gasteiger partial charge < -0.3 is 9.84 Å². The van der Waals surface area contributed by atoms with Gasteiger partial charge in [0.15, 0.2) is 11.4 Å². The monoisotopic (exact) mass is 526 g/mol. The summed E-state index contributed by atoms with van der Waals surface area (Å²) in [5, 5.41) is 19.5. The lowest BCUT2D eigenvalue weighted by Crippen LogP contribution is -2.42. The molecule has 0 saturated heterocycles. The van der Waals surface area contributed by atoms with Crippen molar-refractivity contribution in [2.45, 2.75) is 25.8 Å². The molecule has 3 aromatic carbocycles. The van der Waals surface area contributed by atoms with E-state index in [1.165, 1.54) is 17.1 Å². The molecule has 0 spiro atoms. The second kappa shape index (κ2) is 11.2. The summed E-state index contributed by atoms with van der Waals surface area (Å²) in [4.78, 5) is 26.4. The molecule has 0 bridgehead atoms. The molecule has 10 heteroatoms. The number of rotatable bonds is 9. The average Bonchev–Trinajstić information content (AvgIpc) is 3.59. The number of fused-ring (bicyclic) bond motifs is 1. The quantitative estimate of drug-likeness (QED) is 0.284. The number of benzene rings is 3. The average molecular weight is 527 g/mol. The number of tetrazole rings is 1. The Bertz CT molecular complexity index is 1610. The fourth-order valence-corrected chi connectivity index (χ4v) is 4.37. The van der Waals surface area contributed by atoms with Gasteiger partial charge in [-0.2, -0.15) is 4.68 Å². The van der Waals surface area contributed by atoms with Crippen LogP contribution in [0.3, 0.4) is 0 Å². The zero-order valence-corrected chi connectivity index (χ0v) is 21.2. The Balaban J connectivity index is 1.37. The Morgan fingerprint density at radius 2 is 1.95 bits per heavy atom. The van der Waals surface area contributed by atoms with Gasteiger partial charge >= 0.3 is 0 Å². The van der Waals surface area contributed by atoms with Gasteiger partial charge in [-0.3, -0.25) is 9.59 Å². The highest BCUT2D eigenvalue weighted by Gasteiger charge is 2.23. The largest absolute Gasteiger partial charge is 0.356 e. The molecule has 1 atom stereocenters. The second-order valence-electron chi connectivity index (χ2n) is 8.77. The third kappa shape index (κ3) is 5.68. The number of carbonyl (C=O) groups excluding carboxylic acids is 2. The fourth-order valence-electron chi connectivity index (χ4n) is 4.19. The van der Waals surface area contributed by atoms with E-state index < -0.39 is 11.9 Å². The number of para-hydroxylation sites is 1. The van der Waals surface area contributed by atoms with Crippen LogP contribution in [0.1, 0.15) is 22.4 Å². The normalized spacial score (nSPS) is 12.2. The van der Waals surface area contributed by atoms with Gasteiger partial charge in [0.05, 0.1) is 23.8 Å². The maximum absolute atomic E-state index is 13.4. The zero-order chi connectivity index (χ0) is 26.5. The summed E-state index contributed by atoms with van der Waals surface area (Å²) in [5.74, 6) is -0.604. The van der Waals surface area contributed by atoms with Gasteiger partial charge in [-0.1, -0.05) is 59.2 Å². The summed E-state index contributed by atoms with van der Waals surface area (Å²) in [6, 6.07) is 19.6. The van der Waals surface area contributed by atoms with E-state index in [4.69, 9.17) is 16.1 Å². The van der Waals surface area contributed by atoms with E-state index in [9.17, 15) is 9.59 Å². The first-order valence-electron chi connectivity index (χ1n) is 11.9. The zero-order valence-electron chi connectivity index (χ0n) is 20.4. The third-order valence-electron chi connectivity index (χ3n) is 6.10. The van der Waals surface area contributed by atoms with Crippen molar-refractivity contribution in [1.29, 1.82) is 0 Å². The van der Waals surface area contributed by atoms with E-state index in [1.807, 2.05) is 55.5 Å². The lowest BCUT2D eigenvalue weighted by molar-refractivity contribution is -0.125. The first-order valence-corrected chi connectivity index (χ1v) is 12.3.